The quantitative estimate of drug-likeness (QED) is 0.551. The van der Waals surface area contributed by atoms with Gasteiger partial charge in [-0.1, -0.05) is 6.07 Å². The van der Waals surface area contributed by atoms with Crippen LogP contribution in [-0.4, -0.2) is 0 Å². The Morgan fingerprint density at radius 3 is 2.42 bits per heavy atom. The van der Waals surface area contributed by atoms with E-state index in [1.165, 1.54) is 6.07 Å². The van der Waals surface area contributed by atoms with Crippen molar-refractivity contribution in [2.75, 3.05) is 0 Å². The van der Waals surface area contributed by atoms with Gasteiger partial charge in [0.05, 0.1) is 0 Å². The van der Waals surface area contributed by atoms with Crippen LogP contribution in [0.4, 0.5) is 8.78 Å². The Balaban J connectivity index is 0.00000121. The second-order valence-corrected chi connectivity index (χ2v) is 2.13. The first-order valence-corrected chi connectivity index (χ1v) is 3.11. The Kier molecular flexibility index (Phi) is 4.73. The number of hydrogen-bond donors (Lipinski definition) is 2. The van der Waals surface area contributed by atoms with Crippen molar-refractivity contribution in [2.24, 2.45) is 5.84 Å². The summed E-state index contributed by atoms with van der Waals surface area (Å²) in [6.07, 6.45) is 0. The average molecular weight is 195 g/mol. The summed E-state index contributed by atoms with van der Waals surface area (Å²) in [5.41, 5.74) is 2.96. The lowest BCUT2D eigenvalue weighted by molar-refractivity contribution is 0.506. The minimum Gasteiger partial charge on any atom is -0.271 e. The predicted molar refractivity (Wildman–Crippen MR) is 44.6 cm³/mol. The van der Waals surface area contributed by atoms with Crippen molar-refractivity contribution in [3.05, 3.63) is 35.4 Å². The predicted octanol–water partition coefficient (Wildman–Crippen LogP) is 1.35. The van der Waals surface area contributed by atoms with E-state index in [2.05, 4.69) is 5.43 Å². The Morgan fingerprint density at radius 2 is 1.92 bits per heavy atom. The molecule has 0 saturated carbocycles. The van der Waals surface area contributed by atoms with Crippen LogP contribution in [0, 0.1) is 11.6 Å². The first-order valence-electron chi connectivity index (χ1n) is 3.11. The molecule has 0 amide bonds. The molecule has 68 valence electrons. The van der Waals surface area contributed by atoms with Gasteiger partial charge in [0, 0.05) is 6.54 Å². The molecule has 0 radical (unpaired) electrons. The van der Waals surface area contributed by atoms with Crippen molar-refractivity contribution >= 4 is 12.4 Å². The zero-order valence-corrected chi connectivity index (χ0v) is 7.00. The van der Waals surface area contributed by atoms with E-state index >= 15 is 0 Å². The zero-order valence-electron chi connectivity index (χ0n) is 6.18. The molecular weight excluding hydrogens is 186 g/mol. The van der Waals surface area contributed by atoms with E-state index in [0.29, 0.717) is 12.1 Å². The van der Waals surface area contributed by atoms with Gasteiger partial charge in [0.25, 0.3) is 0 Å². The summed E-state index contributed by atoms with van der Waals surface area (Å²) in [5, 5.41) is 0. The van der Waals surface area contributed by atoms with Gasteiger partial charge in [-0.25, -0.2) is 8.78 Å². The summed E-state index contributed by atoms with van der Waals surface area (Å²) < 4.78 is 24.8. The average Bonchev–Trinajstić information content (AvgIpc) is 1.98. The highest BCUT2D eigenvalue weighted by Crippen LogP contribution is 2.07. The Labute approximate surface area is 75.1 Å². The number of benzene rings is 1. The topological polar surface area (TPSA) is 38.0 Å². The van der Waals surface area contributed by atoms with Crippen LogP contribution in [-0.2, 0) is 6.54 Å². The normalized spacial score (nSPS) is 9.25. The van der Waals surface area contributed by atoms with E-state index in [9.17, 15) is 8.78 Å². The zero-order chi connectivity index (χ0) is 8.27. The number of hydrogen-bond acceptors (Lipinski definition) is 2. The highest BCUT2D eigenvalue weighted by atomic mass is 35.5. The van der Waals surface area contributed by atoms with Crippen LogP contribution in [0.2, 0.25) is 0 Å². The largest absolute Gasteiger partial charge is 0.271 e. The maximum Gasteiger partial charge on any atom is 0.159 e. The fraction of sp³-hybridized carbons (Fsp3) is 0.143. The number of halogens is 3. The number of rotatable bonds is 2. The van der Waals surface area contributed by atoms with E-state index < -0.39 is 11.6 Å². The Morgan fingerprint density at radius 1 is 1.25 bits per heavy atom. The molecule has 0 spiro atoms. The van der Waals surface area contributed by atoms with Gasteiger partial charge in [0.2, 0.25) is 0 Å². The lowest BCUT2D eigenvalue weighted by Crippen LogP contribution is -2.20. The molecule has 0 aromatic heterocycles. The van der Waals surface area contributed by atoms with Crippen LogP contribution >= 0.6 is 12.4 Å². The molecular formula is C7H9ClF2N2. The summed E-state index contributed by atoms with van der Waals surface area (Å²) in [4.78, 5) is 0. The van der Waals surface area contributed by atoms with Gasteiger partial charge in [0.15, 0.2) is 11.6 Å². The van der Waals surface area contributed by atoms with Gasteiger partial charge < -0.3 is 0 Å². The number of nitrogens with one attached hydrogen (secondary N) is 1. The van der Waals surface area contributed by atoms with Crippen molar-refractivity contribution in [1.82, 2.24) is 5.43 Å². The molecule has 0 saturated heterocycles. The van der Waals surface area contributed by atoms with E-state index in [4.69, 9.17) is 5.84 Å². The lowest BCUT2D eigenvalue weighted by atomic mass is 10.2. The maximum atomic E-state index is 12.5. The van der Waals surface area contributed by atoms with Gasteiger partial charge in [-0.05, 0) is 17.7 Å². The second-order valence-electron chi connectivity index (χ2n) is 2.13. The molecule has 1 aromatic carbocycles. The molecule has 2 nitrogen and oxygen atoms in total. The standard InChI is InChI=1S/C7H8F2N2.ClH/c8-6-2-1-5(4-11-10)3-7(6)9;/h1-3,11H,4,10H2;1H. The first kappa shape index (κ1) is 11.3. The molecule has 12 heavy (non-hydrogen) atoms. The molecule has 1 aromatic rings. The molecule has 0 fully saturated rings. The van der Waals surface area contributed by atoms with Crippen LogP contribution in [0.1, 0.15) is 5.56 Å². The van der Waals surface area contributed by atoms with E-state index in [1.54, 1.807) is 0 Å². The first-order chi connectivity index (χ1) is 5.24. The molecule has 1 rings (SSSR count). The molecule has 0 bridgehead atoms. The molecule has 0 aliphatic rings. The van der Waals surface area contributed by atoms with Gasteiger partial charge in [-0.3, -0.25) is 11.3 Å². The van der Waals surface area contributed by atoms with E-state index in [0.717, 1.165) is 12.1 Å². The lowest BCUT2D eigenvalue weighted by Gasteiger charge is -1.99. The van der Waals surface area contributed by atoms with Crippen LogP contribution < -0.4 is 11.3 Å². The molecule has 0 atom stereocenters. The molecule has 0 heterocycles. The molecule has 0 aliphatic carbocycles. The molecule has 5 heteroatoms. The summed E-state index contributed by atoms with van der Waals surface area (Å²) >= 11 is 0. The van der Waals surface area contributed by atoms with Gasteiger partial charge in [0.1, 0.15) is 0 Å². The summed E-state index contributed by atoms with van der Waals surface area (Å²) in [5.74, 6) is 3.29. The highest BCUT2D eigenvalue weighted by molar-refractivity contribution is 5.85. The minimum absolute atomic E-state index is 0. The number of hydrazine groups is 1. The van der Waals surface area contributed by atoms with Crippen molar-refractivity contribution in [1.29, 1.82) is 0 Å². The van der Waals surface area contributed by atoms with Gasteiger partial charge in [-0.2, -0.15) is 0 Å². The third kappa shape index (κ3) is 2.73. The minimum atomic E-state index is -0.849. The van der Waals surface area contributed by atoms with Gasteiger partial charge in [-0.15, -0.1) is 12.4 Å². The van der Waals surface area contributed by atoms with Crippen LogP contribution in [0.25, 0.3) is 0 Å². The smallest absolute Gasteiger partial charge is 0.159 e. The molecule has 0 unspecified atom stereocenters. The molecule has 0 aliphatic heterocycles. The van der Waals surface area contributed by atoms with E-state index in [-0.39, 0.29) is 12.4 Å². The molecule has 3 N–H and O–H groups in total. The monoisotopic (exact) mass is 194 g/mol. The fourth-order valence-electron chi connectivity index (χ4n) is 0.767. The SMILES string of the molecule is Cl.NNCc1ccc(F)c(F)c1. The van der Waals surface area contributed by atoms with Crippen LogP contribution in [0.3, 0.4) is 0 Å². The highest BCUT2D eigenvalue weighted by Gasteiger charge is 2.00. The summed E-state index contributed by atoms with van der Waals surface area (Å²) in [6.45, 7) is 0.331. The Bertz CT molecular complexity index is 255. The van der Waals surface area contributed by atoms with Crippen molar-refractivity contribution in [3.8, 4) is 0 Å². The van der Waals surface area contributed by atoms with E-state index in [1.807, 2.05) is 0 Å². The maximum absolute atomic E-state index is 12.5. The van der Waals surface area contributed by atoms with Crippen molar-refractivity contribution in [2.45, 2.75) is 6.54 Å². The fourth-order valence-corrected chi connectivity index (χ4v) is 0.767. The van der Waals surface area contributed by atoms with Gasteiger partial charge >= 0.3 is 0 Å². The summed E-state index contributed by atoms with van der Waals surface area (Å²) in [7, 11) is 0. The third-order valence-corrected chi connectivity index (χ3v) is 1.29. The number of nitrogens with two attached hydrogens (primary N) is 1. The van der Waals surface area contributed by atoms with Crippen molar-refractivity contribution in [3.63, 3.8) is 0 Å². The second kappa shape index (κ2) is 5.03. The Hall–Kier alpha value is -0.710. The third-order valence-electron chi connectivity index (χ3n) is 1.29. The van der Waals surface area contributed by atoms with Crippen molar-refractivity contribution < 1.29 is 8.78 Å². The summed E-state index contributed by atoms with van der Waals surface area (Å²) in [6, 6.07) is 3.65. The van der Waals surface area contributed by atoms with Crippen LogP contribution in [0.5, 0.6) is 0 Å². The van der Waals surface area contributed by atoms with Crippen LogP contribution in [0.15, 0.2) is 18.2 Å².